The largest absolute Gasteiger partial charge is 0.490 e. The molecule has 0 aromatic heterocycles. The van der Waals surface area contributed by atoms with Crippen LogP contribution < -0.4 is 14.8 Å². The molecule has 6 heteroatoms. The third-order valence-electron chi connectivity index (χ3n) is 2.95. The van der Waals surface area contributed by atoms with Crippen LogP contribution in [-0.4, -0.2) is 41.4 Å². The van der Waals surface area contributed by atoms with Gasteiger partial charge in [-0.3, -0.25) is 9.00 Å². The Morgan fingerprint density at radius 2 is 1.87 bits per heavy atom. The topological polar surface area (TPSA) is 64.6 Å². The normalized spacial score (nSPS) is 12.1. The van der Waals surface area contributed by atoms with Gasteiger partial charge in [0.05, 0.1) is 13.2 Å². The summed E-state index contributed by atoms with van der Waals surface area (Å²) in [5.74, 6) is 2.24. The van der Waals surface area contributed by atoms with Gasteiger partial charge >= 0.3 is 0 Å². The van der Waals surface area contributed by atoms with Gasteiger partial charge < -0.3 is 14.8 Å². The summed E-state index contributed by atoms with van der Waals surface area (Å²) in [5.41, 5.74) is 0.851. The summed E-state index contributed by atoms with van der Waals surface area (Å²) in [4.78, 5) is 11.7. The molecule has 1 aromatic carbocycles. The van der Waals surface area contributed by atoms with Gasteiger partial charge in [-0.05, 0) is 37.6 Å². The fraction of sp³-hybridized carbons (Fsp3) is 0.471. The van der Waals surface area contributed by atoms with Crippen molar-refractivity contribution in [3.05, 3.63) is 29.8 Å². The lowest BCUT2D eigenvalue weighted by molar-refractivity contribution is -0.116. The maximum Gasteiger partial charge on any atom is 0.244 e. The standard InChI is InChI=1S/C17H25NO4S/c1-4-21-15-9-7-14(13-16(15)22-5-2)8-10-17(19)18-11-12-23(20)6-3/h7-10,13H,4-6,11-12H2,1-3H3,(H,18,19). The number of benzene rings is 1. The number of hydrogen-bond donors (Lipinski definition) is 1. The zero-order chi connectivity index (χ0) is 17.1. The van der Waals surface area contributed by atoms with Crippen LogP contribution in [-0.2, 0) is 15.6 Å². The maximum atomic E-state index is 11.7. The second kappa shape index (κ2) is 10.8. The van der Waals surface area contributed by atoms with E-state index in [9.17, 15) is 9.00 Å². The van der Waals surface area contributed by atoms with Crippen LogP contribution in [0.15, 0.2) is 24.3 Å². The van der Waals surface area contributed by atoms with E-state index in [-0.39, 0.29) is 5.91 Å². The minimum Gasteiger partial charge on any atom is -0.490 e. The summed E-state index contributed by atoms with van der Waals surface area (Å²) in [6.07, 6.45) is 3.17. The average Bonchev–Trinajstić information content (AvgIpc) is 2.55. The van der Waals surface area contributed by atoms with Gasteiger partial charge in [-0.2, -0.15) is 0 Å². The van der Waals surface area contributed by atoms with E-state index in [1.807, 2.05) is 39.0 Å². The van der Waals surface area contributed by atoms with Crippen LogP contribution in [0.5, 0.6) is 11.5 Å². The predicted molar refractivity (Wildman–Crippen MR) is 94.4 cm³/mol. The van der Waals surface area contributed by atoms with Crippen molar-refractivity contribution in [2.45, 2.75) is 20.8 Å². The molecule has 1 N–H and O–H groups in total. The number of amides is 1. The van der Waals surface area contributed by atoms with Crippen molar-refractivity contribution >= 4 is 22.8 Å². The minimum atomic E-state index is -0.863. The van der Waals surface area contributed by atoms with Gasteiger partial charge in [0.1, 0.15) is 0 Å². The summed E-state index contributed by atoms with van der Waals surface area (Å²) >= 11 is 0. The van der Waals surface area contributed by atoms with Crippen molar-refractivity contribution in [1.82, 2.24) is 5.32 Å². The number of carbonyl (C=O) groups excluding carboxylic acids is 1. The highest BCUT2D eigenvalue weighted by Gasteiger charge is 2.05. The summed E-state index contributed by atoms with van der Waals surface area (Å²) in [7, 11) is -0.863. The third kappa shape index (κ3) is 7.32. The van der Waals surface area contributed by atoms with E-state index in [1.165, 1.54) is 6.08 Å². The first kappa shape index (κ1) is 19.2. The zero-order valence-electron chi connectivity index (χ0n) is 14.0. The second-order valence-electron chi connectivity index (χ2n) is 4.63. The third-order valence-corrected chi connectivity index (χ3v) is 4.25. The van der Waals surface area contributed by atoms with Gasteiger partial charge in [-0.15, -0.1) is 0 Å². The molecule has 0 heterocycles. The Balaban J connectivity index is 2.63. The molecule has 0 fully saturated rings. The number of rotatable bonds is 10. The van der Waals surface area contributed by atoms with Gasteiger partial charge in [-0.25, -0.2) is 0 Å². The molecule has 1 amide bonds. The first-order chi connectivity index (χ1) is 11.1. The molecule has 1 aromatic rings. The molecule has 0 aliphatic carbocycles. The monoisotopic (exact) mass is 339 g/mol. The highest BCUT2D eigenvalue weighted by Crippen LogP contribution is 2.28. The van der Waals surface area contributed by atoms with Crippen molar-refractivity contribution in [3.63, 3.8) is 0 Å². The van der Waals surface area contributed by atoms with Crippen molar-refractivity contribution in [3.8, 4) is 11.5 Å². The molecular formula is C17H25NO4S. The van der Waals surface area contributed by atoms with Crippen molar-refractivity contribution in [2.24, 2.45) is 0 Å². The summed E-state index contributed by atoms with van der Waals surface area (Å²) in [6.45, 7) is 7.21. The molecule has 1 atom stereocenters. The first-order valence-corrected chi connectivity index (χ1v) is 9.30. The molecule has 23 heavy (non-hydrogen) atoms. The number of hydrogen-bond acceptors (Lipinski definition) is 4. The van der Waals surface area contributed by atoms with Crippen LogP contribution in [0.1, 0.15) is 26.3 Å². The Morgan fingerprint density at radius 3 is 2.52 bits per heavy atom. The Kier molecular flexibility index (Phi) is 9.05. The Hall–Kier alpha value is -1.82. The van der Waals surface area contributed by atoms with Gasteiger partial charge in [-0.1, -0.05) is 13.0 Å². The lowest BCUT2D eigenvalue weighted by Gasteiger charge is -2.11. The highest BCUT2D eigenvalue weighted by atomic mass is 32.2. The average molecular weight is 339 g/mol. The molecule has 0 aliphatic rings. The molecule has 1 unspecified atom stereocenters. The van der Waals surface area contributed by atoms with Crippen molar-refractivity contribution in [1.29, 1.82) is 0 Å². The Morgan fingerprint density at radius 1 is 1.17 bits per heavy atom. The van der Waals surface area contributed by atoms with E-state index in [1.54, 1.807) is 6.08 Å². The van der Waals surface area contributed by atoms with Crippen molar-refractivity contribution in [2.75, 3.05) is 31.3 Å². The SMILES string of the molecule is CCOc1ccc(C=CC(=O)NCCS(=O)CC)cc1OCC. The van der Waals surface area contributed by atoms with Crippen LogP contribution >= 0.6 is 0 Å². The van der Waals surface area contributed by atoms with Crippen molar-refractivity contribution < 1.29 is 18.5 Å². The Bertz CT molecular complexity index is 558. The highest BCUT2D eigenvalue weighted by molar-refractivity contribution is 7.84. The smallest absolute Gasteiger partial charge is 0.244 e. The van der Waals surface area contributed by atoms with Crippen LogP contribution in [0.4, 0.5) is 0 Å². The van der Waals surface area contributed by atoms with E-state index >= 15 is 0 Å². The molecule has 0 saturated carbocycles. The molecular weight excluding hydrogens is 314 g/mol. The van der Waals surface area contributed by atoms with Gasteiger partial charge in [0.25, 0.3) is 0 Å². The fourth-order valence-corrected chi connectivity index (χ4v) is 2.45. The van der Waals surface area contributed by atoms with Gasteiger partial charge in [0.2, 0.25) is 5.91 Å². The summed E-state index contributed by atoms with van der Waals surface area (Å²) in [6, 6.07) is 5.53. The molecule has 1 rings (SSSR count). The fourth-order valence-electron chi connectivity index (χ4n) is 1.83. The molecule has 0 spiro atoms. The molecule has 5 nitrogen and oxygen atoms in total. The van der Waals surface area contributed by atoms with Gasteiger partial charge in [0, 0.05) is 34.9 Å². The van der Waals surface area contributed by atoms with Gasteiger partial charge in [0.15, 0.2) is 11.5 Å². The zero-order valence-corrected chi connectivity index (χ0v) is 14.8. The van der Waals surface area contributed by atoms with E-state index in [0.29, 0.717) is 42.8 Å². The molecule has 0 bridgehead atoms. The van der Waals surface area contributed by atoms with E-state index in [0.717, 1.165) is 5.56 Å². The predicted octanol–water partition coefficient (Wildman–Crippen LogP) is 2.38. The maximum absolute atomic E-state index is 11.7. The lowest BCUT2D eigenvalue weighted by Crippen LogP contribution is -2.26. The molecule has 128 valence electrons. The summed E-state index contributed by atoms with van der Waals surface area (Å²) < 4.78 is 22.3. The number of carbonyl (C=O) groups is 1. The Labute approximate surface area is 140 Å². The second-order valence-corrected chi connectivity index (χ2v) is 6.49. The van der Waals surface area contributed by atoms with Crippen LogP contribution in [0.25, 0.3) is 6.08 Å². The lowest BCUT2D eigenvalue weighted by atomic mass is 10.2. The minimum absolute atomic E-state index is 0.204. The van der Waals surface area contributed by atoms with E-state index in [2.05, 4.69) is 5.32 Å². The van der Waals surface area contributed by atoms with Crippen LogP contribution in [0, 0.1) is 0 Å². The molecule has 0 aliphatic heterocycles. The van der Waals surface area contributed by atoms with Crippen LogP contribution in [0.2, 0.25) is 0 Å². The quantitative estimate of drug-likeness (QED) is 0.665. The number of ether oxygens (including phenoxy) is 2. The van der Waals surface area contributed by atoms with Crippen LogP contribution in [0.3, 0.4) is 0 Å². The molecule has 0 radical (unpaired) electrons. The molecule has 0 saturated heterocycles. The van der Waals surface area contributed by atoms with E-state index < -0.39 is 10.8 Å². The van der Waals surface area contributed by atoms with E-state index in [4.69, 9.17) is 9.47 Å². The summed E-state index contributed by atoms with van der Waals surface area (Å²) in [5, 5.41) is 2.71. The first-order valence-electron chi connectivity index (χ1n) is 7.81. The number of nitrogens with one attached hydrogen (secondary N) is 1.